The van der Waals surface area contributed by atoms with E-state index in [1.165, 1.54) is 23.7 Å². The van der Waals surface area contributed by atoms with Crippen LogP contribution < -0.4 is 5.32 Å². The number of anilines is 1. The molecule has 88 valence electrons. The normalized spacial score (nSPS) is 17.1. The van der Waals surface area contributed by atoms with Gasteiger partial charge in [-0.3, -0.25) is 14.8 Å². The van der Waals surface area contributed by atoms with Crippen LogP contribution in [0.3, 0.4) is 0 Å². The van der Waals surface area contributed by atoms with Gasteiger partial charge in [-0.2, -0.15) is 11.8 Å². The van der Waals surface area contributed by atoms with Crippen LogP contribution in [0.4, 0.5) is 11.5 Å². The van der Waals surface area contributed by atoms with E-state index in [0.717, 1.165) is 6.54 Å². The molecule has 1 aliphatic carbocycles. The Morgan fingerprint density at radius 3 is 2.94 bits per heavy atom. The van der Waals surface area contributed by atoms with Gasteiger partial charge in [0.2, 0.25) is 5.82 Å². The fraction of sp³-hybridized carbons (Fsp3) is 0.667. The molecule has 0 unspecified atom stereocenters. The minimum atomic E-state index is -0.409. The Balaban J connectivity index is 2.06. The van der Waals surface area contributed by atoms with Gasteiger partial charge in [-0.05, 0) is 19.1 Å². The molecule has 1 N–H and O–H groups in total. The summed E-state index contributed by atoms with van der Waals surface area (Å²) < 4.78 is 1.73. The first-order valence-electron chi connectivity index (χ1n) is 5.03. The number of hydrogen-bond donors (Lipinski definition) is 1. The Morgan fingerprint density at radius 1 is 1.75 bits per heavy atom. The van der Waals surface area contributed by atoms with Gasteiger partial charge in [-0.1, -0.05) is 0 Å². The molecule has 0 atom stereocenters. The van der Waals surface area contributed by atoms with Gasteiger partial charge in [0, 0.05) is 18.3 Å². The predicted molar refractivity (Wildman–Crippen MR) is 63.8 cm³/mol. The van der Waals surface area contributed by atoms with E-state index in [2.05, 4.69) is 16.7 Å². The zero-order chi connectivity index (χ0) is 11.8. The van der Waals surface area contributed by atoms with Crippen LogP contribution in [0.1, 0.15) is 12.8 Å². The molecule has 0 bridgehead atoms. The second kappa shape index (κ2) is 3.97. The molecule has 7 heteroatoms. The van der Waals surface area contributed by atoms with Crippen LogP contribution in [0.5, 0.6) is 0 Å². The summed E-state index contributed by atoms with van der Waals surface area (Å²) in [6, 6.07) is 0. The quantitative estimate of drug-likeness (QED) is 0.627. The van der Waals surface area contributed by atoms with Crippen molar-refractivity contribution < 1.29 is 4.92 Å². The average Bonchev–Trinajstić information content (AvgIpc) is 2.93. The van der Waals surface area contributed by atoms with Crippen molar-refractivity contribution in [2.75, 3.05) is 18.1 Å². The van der Waals surface area contributed by atoms with E-state index in [1.54, 1.807) is 7.05 Å². The third-order valence-electron chi connectivity index (χ3n) is 2.82. The maximum absolute atomic E-state index is 10.8. The van der Waals surface area contributed by atoms with E-state index < -0.39 is 4.92 Å². The van der Waals surface area contributed by atoms with E-state index in [9.17, 15) is 10.1 Å². The average molecular weight is 242 g/mol. The highest BCUT2D eigenvalue weighted by molar-refractivity contribution is 8.00. The van der Waals surface area contributed by atoms with Crippen molar-refractivity contribution in [2.45, 2.75) is 17.6 Å². The molecule has 2 rings (SSSR count). The van der Waals surface area contributed by atoms with Crippen LogP contribution in [-0.4, -0.2) is 32.3 Å². The molecule has 0 spiro atoms. The monoisotopic (exact) mass is 242 g/mol. The fourth-order valence-electron chi connectivity index (χ4n) is 1.57. The van der Waals surface area contributed by atoms with Crippen molar-refractivity contribution >= 4 is 23.3 Å². The van der Waals surface area contributed by atoms with Gasteiger partial charge in [-0.25, -0.2) is 0 Å². The van der Waals surface area contributed by atoms with E-state index in [-0.39, 0.29) is 10.4 Å². The minimum Gasteiger partial charge on any atom is -0.361 e. The summed E-state index contributed by atoms with van der Waals surface area (Å²) in [5.74, 6) is 0.368. The Morgan fingerprint density at radius 2 is 2.44 bits per heavy atom. The van der Waals surface area contributed by atoms with Crippen LogP contribution in [-0.2, 0) is 7.05 Å². The first-order valence-corrected chi connectivity index (χ1v) is 6.26. The van der Waals surface area contributed by atoms with Crippen molar-refractivity contribution in [1.82, 2.24) is 9.78 Å². The molecule has 0 aromatic carbocycles. The second-order valence-electron chi connectivity index (χ2n) is 4.03. The summed E-state index contributed by atoms with van der Waals surface area (Å²) in [4.78, 5) is 10.3. The lowest BCUT2D eigenvalue weighted by Gasteiger charge is -2.11. The van der Waals surface area contributed by atoms with Crippen LogP contribution in [0.2, 0.25) is 0 Å². The minimum absolute atomic E-state index is 0.0411. The Labute approximate surface area is 97.5 Å². The number of thioether (sulfide) groups is 1. The molecular weight excluding hydrogens is 228 g/mol. The molecule has 1 heterocycles. The van der Waals surface area contributed by atoms with Crippen LogP contribution in [0.15, 0.2) is 6.20 Å². The smallest absolute Gasteiger partial charge is 0.330 e. The third-order valence-corrected chi connectivity index (χ3v) is 4.24. The van der Waals surface area contributed by atoms with Crippen molar-refractivity contribution in [1.29, 1.82) is 0 Å². The van der Waals surface area contributed by atoms with Crippen LogP contribution in [0.25, 0.3) is 0 Å². The SMILES string of the molecule is CSC1(CNc2nn(C)cc2[N+](=O)[O-])CC1. The fourth-order valence-corrected chi connectivity index (χ4v) is 2.30. The van der Waals surface area contributed by atoms with Gasteiger partial charge < -0.3 is 5.32 Å². The molecule has 1 fully saturated rings. The topological polar surface area (TPSA) is 73.0 Å². The lowest BCUT2D eigenvalue weighted by molar-refractivity contribution is -0.384. The van der Waals surface area contributed by atoms with Crippen molar-refractivity contribution in [3.63, 3.8) is 0 Å². The molecule has 0 aliphatic heterocycles. The molecule has 16 heavy (non-hydrogen) atoms. The van der Waals surface area contributed by atoms with E-state index >= 15 is 0 Å². The Bertz CT molecular complexity index is 414. The number of nitrogens with one attached hydrogen (secondary N) is 1. The Hall–Kier alpha value is -1.24. The highest BCUT2D eigenvalue weighted by atomic mass is 32.2. The number of nitrogens with zero attached hydrogens (tertiary/aromatic N) is 3. The molecule has 1 aromatic rings. The zero-order valence-electron chi connectivity index (χ0n) is 9.27. The molecule has 1 saturated carbocycles. The van der Waals surface area contributed by atoms with Gasteiger partial charge in [0.25, 0.3) is 0 Å². The van der Waals surface area contributed by atoms with E-state index in [4.69, 9.17) is 0 Å². The molecule has 0 amide bonds. The molecule has 0 radical (unpaired) electrons. The highest BCUT2D eigenvalue weighted by Gasteiger charge is 2.42. The van der Waals surface area contributed by atoms with Crippen molar-refractivity contribution in [3.8, 4) is 0 Å². The van der Waals surface area contributed by atoms with Gasteiger partial charge in [-0.15, -0.1) is 5.10 Å². The molecule has 6 nitrogen and oxygen atoms in total. The van der Waals surface area contributed by atoms with Crippen LogP contribution in [0, 0.1) is 10.1 Å². The third kappa shape index (κ3) is 2.13. The van der Waals surface area contributed by atoms with Gasteiger partial charge in [0.1, 0.15) is 6.20 Å². The summed E-state index contributed by atoms with van der Waals surface area (Å²) in [5.41, 5.74) is 0.0411. The summed E-state index contributed by atoms with van der Waals surface area (Å²) >= 11 is 1.81. The summed E-state index contributed by atoms with van der Waals surface area (Å²) in [5, 5.41) is 17.9. The Kier molecular flexibility index (Phi) is 2.79. The standard InChI is InChI=1S/C9H14N4O2S/c1-12-5-7(13(14)15)8(11-12)10-6-9(16-2)3-4-9/h5H,3-4,6H2,1-2H3,(H,10,11). The highest BCUT2D eigenvalue weighted by Crippen LogP contribution is 2.47. The lowest BCUT2D eigenvalue weighted by Crippen LogP contribution is -2.18. The molecule has 1 aliphatic rings. The zero-order valence-corrected chi connectivity index (χ0v) is 10.1. The largest absolute Gasteiger partial charge is 0.361 e. The first kappa shape index (κ1) is 11.3. The predicted octanol–water partition coefficient (Wildman–Crippen LogP) is 1.64. The second-order valence-corrected chi connectivity index (χ2v) is 5.31. The first-order chi connectivity index (χ1) is 7.56. The number of rotatable bonds is 5. The summed E-state index contributed by atoms with van der Waals surface area (Å²) in [6.45, 7) is 0.742. The van der Waals surface area contributed by atoms with Gasteiger partial charge in [0.15, 0.2) is 0 Å². The summed E-state index contributed by atoms with van der Waals surface area (Å²) in [6.07, 6.45) is 5.83. The molecule has 0 saturated heterocycles. The van der Waals surface area contributed by atoms with Gasteiger partial charge in [0.05, 0.1) is 4.92 Å². The number of hydrogen-bond acceptors (Lipinski definition) is 5. The lowest BCUT2D eigenvalue weighted by atomic mass is 10.4. The van der Waals surface area contributed by atoms with Crippen molar-refractivity contribution in [2.24, 2.45) is 7.05 Å². The number of aromatic nitrogens is 2. The van der Waals surface area contributed by atoms with Gasteiger partial charge >= 0.3 is 5.69 Å². The van der Waals surface area contributed by atoms with E-state index in [1.807, 2.05) is 11.8 Å². The number of nitro groups is 1. The molecule has 1 aromatic heterocycles. The van der Waals surface area contributed by atoms with Crippen LogP contribution >= 0.6 is 11.8 Å². The van der Waals surface area contributed by atoms with E-state index in [0.29, 0.717) is 5.82 Å². The maximum atomic E-state index is 10.8. The number of aryl methyl sites for hydroxylation is 1. The summed E-state index contributed by atoms with van der Waals surface area (Å²) in [7, 11) is 1.68. The molecular formula is C9H14N4O2S. The maximum Gasteiger partial charge on any atom is 0.330 e. The van der Waals surface area contributed by atoms with Crippen molar-refractivity contribution in [3.05, 3.63) is 16.3 Å².